The summed E-state index contributed by atoms with van der Waals surface area (Å²) in [5, 5.41) is 40.7. The molecule has 0 aromatic heterocycles. The molecule has 0 spiro atoms. The van der Waals surface area contributed by atoms with E-state index in [1.165, 1.54) is 38.5 Å². The molecular weight excluding hydrogens is 448 g/mol. The van der Waals surface area contributed by atoms with Crippen molar-refractivity contribution in [1.29, 1.82) is 0 Å². The predicted molar refractivity (Wildman–Crippen MR) is 144 cm³/mol. The van der Waals surface area contributed by atoms with Gasteiger partial charge in [-0.15, -0.1) is 0 Å². The molecule has 0 aliphatic carbocycles. The quantitative estimate of drug-likeness (QED) is 0.0843. The summed E-state index contributed by atoms with van der Waals surface area (Å²) in [5.74, 6) is 0. The summed E-state index contributed by atoms with van der Waals surface area (Å²) < 4.78 is 0. The smallest absolute Gasteiger partial charge is 0.244 e. The Kier molecular flexibility index (Phi) is 23.7. The SMILES string of the molecule is CCCCCCCC(CC)(CO)[N+](=O)[O-].CCCCCCCCCC(CO)(CCCCC)[N+](=O)[O-]. The van der Waals surface area contributed by atoms with Crippen molar-refractivity contribution in [2.75, 3.05) is 13.2 Å². The lowest BCUT2D eigenvalue weighted by Crippen LogP contribution is -2.42. The molecule has 8 nitrogen and oxygen atoms in total. The van der Waals surface area contributed by atoms with Gasteiger partial charge in [0.2, 0.25) is 11.1 Å². The summed E-state index contributed by atoms with van der Waals surface area (Å²) in [4.78, 5) is 21.6. The third kappa shape index (κ3) is 16.2. The van der Waals surface area contributed by atoms with Crippen molar-refractivity contribution in [3.8, 4) is 0 Å². The van der Waals surface area contributed by atoms with E-state index in [1.807, 2.05) is 0 Å². The number of hydrogen-bond acceptors (Lipinski definition) is 6. The molecule has 0 bridgehead atoms. The molecule has 2 unspecified atom stereocenters. The highest BCUT2D eigenvalue weighted by atomic mass is 16.6. The van der Waals surface area contributed by atoms with Crippen LogP contribution < -0.4 is 0 Å². The van der Waals surface area contributed by atoms with Crippen LogP contribution in [0.2, 0.25) is 0 Å². The highest BCUT2D eigenvalue weighted by molar-refractivity contribution is 4.79. The topological polar surface area (TPSA) is 127 Å². The van der Waals surface area contributed by atoms with Crippen molar-refractivity contribution in [2.24, 2.45) is 0 Å². The van der Waals surface area contributed by atoms with Gasteiger partial charge in [-0.25, -0.2) is 0 Å². The first-order valence-electron chi connectivity index (χ1n) is 14.3. The Bertz CT molecular complexity index is 514. The van der Waals surface area contributed by atoms with Crippen LogP contribution >= 0.6 is 0 Å². The van der Waals surface area contributed by atoms with Gasteiger partial charge in [0.1, 0.15) is 13.2 Å². The maximum atomic E-state index is 11.3. The second-order valence-electron chi connectivity index (χ2n) is 10.1. The van der Waals surface area contributed by atoms with Crippen molar-refractivity contribution in [2.45, 2.75) is 161 Å². The van der Waals surface area contributed by atoms with Gasteiger partial charge in [-0.1, -0.05) is 105 Å². The molecule has 0 saturated carbocycles. The summed E-state index contributed by atoms with van der Waals surface area (Å²) in [6.45, 7) is 7.53. The lowest BCUT2D eigenvalue weighted by Gasteiger charge is -2.23. The number of unbranched alkanes of at least 4 members (excludes halogenated alkanes) is 12. The zero-order chi connectivity index (χ0) is 27.0. The van der Waals surface area contributed by atoms with Crippen LogP contribution in [0, 0.1) is 20.2 Å². The van der Waals surface area contributed by atoms with E-state index >= 15 is 0 Å². The highest BCUT2D eigenvalue weighted by Gasteiger charge is 2.41. The molecule has 0 fully saturated rings. The largest absolute Gasteiger partial charge is 0.389 e. The Balaban J connectivity index is 0. The minimum absolute atomic E-state index is 0.236. The Morgan fingerprint density at radius 1 is 0.514 bits per heavy atom. The number of rotatable bonds is 23. The summed E-state index contributed by atoms with van der Waals surface area (Å²) in [6.07, 6.45) is 18.3. The lowest BCUT2D eigenvalue weighted by atomic mass is 9.87. The van der Waals surface area contributed by atoms with Crippen molar-refractivity contribution in [1.82, 2.24) is 0 Å². The van der Waals surface area contributed by atoms with Crippen LogP contribution in [0.1, 0.15) is 150 Å². The van der Waals surface area contributed by atoms with Gasteiger partial charge in [0.25, 0.3) is 0 Å². The molecule has 0 radical (unpaired) electrons. The zero-order valence-electron chi connectivity index (χ0n) is 23.3. The fraction of sp³-hybridized carbons (Fsp3) is 1.00. The minimum atomic E-state index is -1.09. The van der Waals surface area contributed by atoms with Crippen LogP contribution in [0.15, 0.2) is 0 Å². The van der Waals surface area contributed by atoms with Crippen LogP contribution in [0.25, 0.3) is 0 Å². The average Bonchev–Trinajstić information content (AvgIpc) is 2.85. The maximum Gasteiger partial charge on any atom is 0.244 e. The summed E-state index contributed by atoms with van der Waals surface area (Å²) in [6, 6.07) is 0. The van der Waals surface area contributed by atoms with Crippen LogP contribution in [0.3, 0.4) is 0 Å². The van der Waals surface area contributed by atoms with Gasteiger partial charge in [-0.2, -0.15) is 0 Å². The van der Waals surface area contributed by atoms with E-state index in [0.29, 0.717) is 25.7 Å². The number of aliphatic hydroxyl groups excluding tert-OH is 2. The minimum Gasteiger partial charge on any atom is -0.389 e. The van der Waals surface area contributed by atoms with Crippen molar-refractivity contribution in [3.63, 3.8) is 0 Å². The molecule has 0 aliphatic rings. The fourth-order valence-electron chi connectivity index (χ4n) is 4.34. The third-order valence-corrected chi connectivity index (χ3v) is 7.26. The molecule has 2 atom stereocenters. The first-order chi connectivity index (χ1) is 16.8. The number of aliphatic hydroxyl groups is 2. The molecule has 0 aromatic rings. The molecular formula is C27H56N2O6. The first-order valence-corrected chi connectivity index (χ1v) is 14.3. The maximum absolute atomic E-state index is 11.3. The van der Waals surface area contributed by atoms with Gasteiger partial charge in [-0.05, 0) is 19.3 Å². The van der Waals surface area contributed by atoms with Crippen molar-refractivity contribution in [3.05, 3.63) is 20.2 Å². The van der Waals surface area contributed by atoms with Crippen molar-refractivity contribution < 1.29 is 20.1 Å². The Labute approximate surface area is 214 Å². The normalized spacial score (nSPS) is 14.5. The molecule has 0 aliphatic heterocycles. The van der Waals surface area contributed by atoms with E-state index < -0.39 is 11.1 Å². The van der Waals surface area contributed by atoms with Gasteiger partial charge in [-0.3, -0.25) is 20.2 Å². The summed E-state index contributed by atoms with van der Waals surface area (Å²) >= 11 is 0. The van der Waals surface area contributed by atoms with Gasteiger partial charge in [0.15, 0.2) is 0 Å². The Morgan fingerprint density at radius 3 is 1.11 bits per heavy atom. The fourth-order valence-corrected chi connectivity index (χ4v) is 4.34. The molecule has 0 heterocycles. The van der Waals surface area contributed by atoms with Gasteiger partial charge >= 0.3 is 0 Å². The second kappa shape index (κ2) is 23.1. The van der Waals surface area contributed by atoms with E-state index in [9.17, 15) is 25.3 Å². The lowest BCUT2D eigenvalue weighted by molar-refractivity contribution is -0.576. The van der Waals surface area contributed by atoms with Crippen LogP contribution in [0.5, 0.6) is 0 Å². The second-order valence-corrected chi connectivity index (χ2v) is 10.1. The van der Waals surface area contributed by atoms with Gasteiger partial charge < -0.3 is 10.2 Å². The third-order valence-electron chi connectivity index (χ3n) is 7.26. The van der Waals surface area contributed by atoms with E-state index in [-0.39, 0.29) is 23.1 Å². The molecule has 8 heteroatoms. The summed E-state index contributed by atoms with van der Waals surface area (Å²) in [7, 11) is 0. The van der Waals surface area contributed by atoms with Gasteiger partial charge in [0, 0.05) is 35.5 Å². The number of nitro groups is 2. The number of hydrogen-bond donors (Lipinski definition) is 2. The standard InChI is InChI=1S/C16H33NO3.C11H23NO3/c1-3-5-7-8-9-10-12-14-16(15-18,17(19)20)13-11-6-4-2;1-3-5-6-7-8-9-11(4-2,10-13)12(14)15/h18H,3-15H2,1-2H3;13H,3-10H2,1-2H3. The van der Waals surface area contributed by atoms with E-state index in [2.05, 4.69) is 20.8 Å². The molecule has 0 saturated heterocycles. The Morgan fingerprint density at radius 2 is 0.800 bits per heavy atom. The van der Waals surface area contributed by atoms with Gasteiger partial charge in [0.05, 0.1) is 0 Å². The summed E-state index contributed by atoms with van der Waals surface area (Å²) in [5.41, 5.74) is -2.18. The zero-order valence-corrected chi connectivity index (χ0v) is 23.3. The number of nitrogens with zero attached hydrogens (tertiary/aromatic N) is 2. The predicted octanol–water partition coefficient (Wildman–Crippen LogP) is 7.48. The molecule has 0 amide bonds. The van der Waals surface area contributed by atoms with Crippen LogP contribution in [0.4, 0.5) is 0 Å². The Hall–Kier alpha value is -1.28. The van der Waals surface area contributed by atoms with Crippen LogP contribution in [-0.2, 0) is 0 Å². The van der Waals surface area contributed by atoms with E-state index in [4.69, 9.17) is 5.11 Å². The highest BCUT2D eigenvalue weighted by Crippen LogP contribution is 2.26. The van der Waals surface area contributed by atoms with Crippen LogP contribution in [-0.4, -0.2) is 44.4 Å². The van der Waals surface area contributed by atoms with E-state index in [1.54, 1.807) is 6.92 Å². The monoisotopic (exact) mass is 504 g/mol. The average molecular weight is 505 g/mol. The molecule has 210 valence electrons. The molecule has 2 N–H and O–H groups in total. The first kappa shape index (κ1) is 35.9. The molecule has 0 rings (SSSR count). The van der Waals surface area contributed by atoms with Crippen molar-refractivity contribution >= 4 is 0 Å². The molecule has 35 heavy (non-hydrogen) atoms. The van der Waals surface area contributed by atoms with E-state index in [0.717, 1.165) is 57.8 Å². The molecule has 0 aromatic carbocycles.